The molecule has 2 atom stereocenters. The molecule has 0 spiro atoms. The molecule has 5 nitrogen and oxygen atoms in total. The van der Waals surface area contributed by atoms with Gasteiger partial charge >= 0.3 is 0 Å². The molecular formula is C14H25N5. The van der Waals surface area contributed by atoms with E-state index in [0.29, 0.717) is 12.1 Å². The molecule has 0 bridgehead atoms. The first-order chi connectivity index (χ1) is 9.20. The number of nitrogen functional groups attached to an aromatic ring is 1. The zero-order valence-corrected chi connectivity index (χ0v) is 12.0. The minimum absolute atomic E-state index is 0.530. The van der Waals surface area contributed by atoms with Gasteiger partial charge in [-0.1, -0.05) is 13.3 Å². The molecule has 5 heteroatoms. The molecule has 2 saturated heterocycles. The molecule has 2 fully saturated rings. The monoisotopic (exact) mass is 263 g/mol. The molecule has 0 saturated carbocycles. The summed E-state index contributed by atoms with van der Waals surface area (Å²) in [5, 5.41) is 8.16. The van der Waals surface area contributed by atoms with Gasteiger partial charge in [-0.2, -0.15) is 5.10 Å². The molecule has 0 aromatic carbocycles. The third-order valence-corrected chi connectivity index (χ3v) is 4.67. The molecule has 2 unspecified atom stereocenters. The smallest absolute Gasteiger partial charge is 0.148 e. The first kappa shape index (κ1) is 12.8. The van der Waals surface area contributed by atoms with Gasteiger partial charge in [0.1, 0.15) is 5.82 Å². The third-order valence-electron chi connectivity index (χ3n) is 4.67. The molecule has 3 rings (SSSR count). The SMILES string of the molecule is CCc1nn(C)c(NC2CCN3CCCCC23)c1N. The van der Waals surface area contributed by atoms with E-state index in [1.165, 1.54) is 38.8 Å². The van der Waals surface area contributed by atoms with Gasteiger partial charge in [0.2, 0.25) is 0 Å². The Labute approximate surface area is 115 Å². The normalized spacial score (nSPS) is 27.5. The number of piperidine rings is 1. The van der Waals surface area contributed by atoms with Crippen molar-refractivity contribution in [1.82, 2.24) is 14.7 Å². The highest BCUT2D eigenvalue weighted by Crippen LogP contribution is 2.31. The van der Waals surface area contributed by atoms with E-state index < -0.39 is 0 Å². The third kappa shape index (κ3) is 2.20. The maximum Gasteiger partial charge on any atom is 0.148 e. The summed E-state index contributed by atoms with van der Waals surface area (Å²) in [6.45, 7) is 4.59. The van der Waals surface area contributed by atoms with Crippen LogP contribution in [0.5, 0.6) is 0 Å². The first-order valence-electron chi connectivity index (χ1n) is 7.52. The Hall–Kier alpha value is -1.23. The molecule has 1 aromatic rings. The van der Waals surface area contributed by atoms with Gasteiger partial charge < -0.3 is 11.1 Å². The maximum absolute atomic E-state index is 6.20. The van der Waals surface area contributed by atoms with Crippen molar-refractivity contribution < 1.29 is 0 Å². The minimum Gasteiger partial charge on any atom is -0.394 e. The molecule has 0 amide bonds. The van der Waals surface area contributed by atoms with Crippen molar-refractivity contribution >= 4 is 11.5 Å². The Balaban J connectivity index is 1.76. The van der Waals surface area contributed by atoms with E-state index in [2.05, 4.69) is 22.2 Å². The number of hydrogen-bond acceptors (Lipinski definition) is 4. The molecule has 3 heterocycles. The molecule has 19 heavy (non-hydrogen) atoms. The van der Waals surface area contributed by atoms with Gasteiger partial charge in [0, 0.05) is 25.7 Å². The Morgan fingerprint density at radius 2 is 2.16 bits per heavy atom. The Kier molecular flexibility index (Phi) is 3.39. The predicted octanol–water partition coefficient (Wildman–Crippen LogP) is 1.60. The van der Waals surface area contributed by atoms with Crippen LogP contribution in [0.15, 0.2) is 0 Å². The fraction of sp³-hybridized carbons (Fsp3) is 0.786. The van der Waals surface area contributed by atoms with E-state index in [1.807, 2.05) is 11.7 Å². The average molecular weight is 263 g/mol. The number of nitrogens with one attached hydrogen (secondary N) is 1. The van der Waals surface area contributed by atoms with Crippen LogP contribution < -0.4 is 11.1 Å². The van der Waals surface area contributed by atoms with Crippen LogP contribution in [0.25, 0.3) is 0 Å². The lowest BCUT2D eigenvalue weighted by Crippen LogP contribution is -2.42. The van der Waals surface area contributed by atoms with Crippen LogP contribution in [0.4, 0.5) is 11.5 Å². The van der Waals surface area contributed by atoms with Crippen LogP contribution in [0.3, 0.4) is 0 Å². The molecule has 3 N–H and O–H groups in total. The van der Waals surface area contributed by atoms with Crippen molar-refractivity contribution in [2.75, 3.05) is 24.1 Å². The molecular weight excluding hydrogens is 238 g/mol. The quantitative estimate of drug-likeness (QED) is 0.869. The van der Waals surface area contributed by atoms with Gasteiger partial charge in [-0.25, -0.2) is 0 Å². The van der Waals surface area contributed by atoms with E-state index in [9.17, 15) is 0 Å². The fourth-order valence-electron chi connectivity index (χ4n) is 3.62. The molecule has 2 aliphatic heterocycles. The zero-order chi connectivity index (χ0) is 13.4. The summed E-state index contributed by atoms with van der Waals surface area (Å²) in [7, 11) is 1.98. The van der Waals surface area contributed by atoms with Crippen LogP contribution >= 0.6 is 0 Å². The van der Waals surface area contributed by atoms with E-state index in [-0.39, 0.29) is 0 Å². The van der Waals surface area contributed by atoms with Gasteiger partial charge in [0.05, 0.1) is 11.4 Å². The van der Waals surface area contributed by atoms with Crippen molar-refractivity contribution in [2.24, 2.45) is 7.05 Å². The van der Waals surface area contributed by atoms with E-state index in [4.69, 9.17) is 5.73 Å². The van der Waals surface area contributed by atoms with Crippen molar-refractivity contribution in [3.63, 3.8) is 0 Å². The minimum atomic E-state index is 0.530. The highest BCUT2D eigenvalue weighted by atomic mass is 15.3. The van der Waals surface area contributed by atoms with Gasteiger partial charge in [-0.05, 0) is 32.2 Å². The average Bonchev–Trinajstić information content (AvgIpc) is 2.95. The van der Waals surface area contributed by atoms with Crippen LogP contribution in [0.2, 0.25) is 0 Å². The van der Waals surface area contributed by atoms with E-state index >= 15 is 0 Å². The van der Waals surface area contributed by atoms with E-state index in [0.717, 1.165) is 23.6 Å². The van der Waals surface area contributed by atoms with Crippen LogP contribution in [0, 0.1) is 0 Å². The molecule has 106 valence electrons. The second-order valence-electron chi connectivity index (χ2n) is 5.82. The highest BCUT2D eigenvalue weighted by molar-refractivity contribution is 5.65. The van der Waals surface area contributed by atoms with Crippen LogP contribution in [0.1, 0.15) is 38.3 Å². The van der Waals surface area contributed by atoms with Gasteiger partial charge in [-0.3, -0.25) is 9.58 Å². The number of aryl methyl sites for hydroxylation is 2. The Morgan fingerprint density at radius 3 is 2.89 bits per heavy atom. The topological polar surface area (TPSA) is 59.1 Å². The summed E-state index contributed by atoms with van der Waals surface area (Å²) in [5.41, 5.74) is 8.04. The molecule has 1 aromatic heterocycles. The van der Waals surface area contributed by atoms with Crippen LogP contribution in [-0.2, 0) is 13.5 Å². The summed E-state index contributed by atoms with van der Waals surface area (Å²) in [6, 6.07) is 1.22. The van der Waals surface area contributed by atoms with Crippen LogP contribution in [-0.4, -0.2) is 39.9 Å². The summed E-state index contributed by atoms with van der Waals surface area (Å²) >= 11 is 0. The Morgan fingerprint density at radius 1 is 1.32 bits per heavy atom. The van der Waals surface area contributed by atoms with Crippen molar-refractivity contribution in [3.8, 4) is 0 Å². The second kappa shape index (κ2) is 5.04. The fourth-order valence-corrected chi connectivity index (χ4v) is 3.62. The number of nitrogens with two attached hydrogens (primary N) is 1. The first-order valence-corrected chi connectivity index (χ1v) is 7.52. The highest BCUT2D eigenvalue weighted by Gasteiger charge is 2.36. The number of aromatic nitrogens is 2. The molecule has 2 aliphatic rings. The van der Waals surface area contributed by atoms with Crippen molar-refractivity contribution in [3.05, 3.63) is 5.69 Å². The number of hydrogen-bond donors (Lipinski definition) is 2. The summed E-state index contributed by atoms with van der Waals surface area (Å²) in [5.74, 6) is 1.01. The molecule has 0 radical (unpaired) electrons. The van der Waals surface area contributed by atoms with Gasteiger partial charge in [-0.15, -0.1) is 0 Å². The van der Waals surface area contributed by atoms with Crippen molar-refractivity contribution in [2.45, 2.75) is 51.1 Å². The lowest BCUT2D eigenvalue weighted by atomic mass is 9.99. The lowest BCUT2D eigenvalue weighted by Gasteiger charge is -2.32. The van der Waals surface area contributed by atoms with Gasteiger partial charge in [0.15, 0.2) is 0 Å². The lowest BCUT2D eigenvalue weighted by molar-refractivity contribution is 0.192. The van der Waals surface area contributed by atoms with E-state index in [1.54, 1.807) is 0 Å². The summed E-state index contributed by atoms with van der Waals surface area (Å²) < 4.78 is 1.90. The summed E-state index contributed by atoms with van der Waals surface area (Å²) in [4.78, 5) is 2.63. The second-order valence-corrected chi connectivity index (χ2v) is 5.82. The van der Waals surface area contributed by atoms with Crippen molar-refractivity contribution in [1.29, 1.82) is 0 Å². The summed E-state index contributed by atoms with van der Waals surface area (Å²) in [6.07, 6.45) is 6.14. The van der Waals surface area contributed by atoms with Gasteiger partial charge in [0.25, 0.3) is 0 Å². The largest absolute Gasteiger partial charge is 0.394 e. The number of anilines is 2. The Bertz CT molecular complexity index is 453. The number of nitrogens with zero attached hydrogens (tertiary/aromatic N) is 3. The number of rotatable bonds is 3. The zero-order valence-electron chi connectivity index (χ0n) is 12.0. The standard InChI is InChI=1S/C14H25N5/c1-3-10-13(15)14(18(2)17-10)16-11-7-9-19-8-5-4-6-12(11)19/h11-12,16H,3-9,15H2,1-2H3. The maximum atomic E-state index is 6.20. The number of fused-ring (bicyclic) bond motifs is 1. The predicted molar refractivity (Wildman–Crippen MR) is 78.2 cm³/mol. The molecule has 0 aliphatic carbocycles.